The van der Waals surface area contributed by atoms with Crippen LogP contribution in [0.25, 0.3) is 11.2 Å². The van der Waals surface area contributed by atoms with Gasteiger partial charge >= 0.3 is 5.69 Å². The Morgan fingerprint density at radius 3 is 2.48 bits per heavy atom. The van der Waals surface area contributed by atoms with Crippen molar-refractivity contribution < 1.29 is 9.90 Å². The first kappa shape index (κ1) is 24.4. The van der Waals surface area contributed by atoms with Gasteiger partial charge in [0.15, 0.2) is 11.2 Å². The maximum Gasteiger partial charge on any atom is 0.333 e. The highest BCUT2D eigenvalue weighted by atomic mass is 16.3. The molecule has 1 amide bonds. The summed E-state index contributed by atoms with van der Waals surface area (Å²) in [6.07, 6.45) is 2.29. The molecule has 178 valence electrons. The molecule has 9 heteroatoms. The Morgan fingerprint density at radius 1 is 1.09 bits per heavy atom. The first-order valence-electron chi connectivity index (χ1n) is 11.6. The zero-order valence-corrected chi connectivity index (χ0v) is 19.8. The SMILES string of the molecule is CCCCn1c(=O)n(CC(=O)Nc2cccc(C(C)C)c2)c(=O)c2c1nc(CO)n2CCC. The summed E-state index contributed by atoms with van der Waals surface area (Å²) in [5, 5.41) is 12.6. The van der Waals surface area contributed by atoms with E-state index >= 15 is 0 Å². The summed E-state index contributed by atoms with van der Waals surface area (Å²) < 4.78 is 4.06. The third kappa shape index (κ3) is 5.08. The number of fused-ring (bicyclic) bond motifs is 1. The Morgan fingerprint density at radius 2 is 1.85 bits per heavy atom. The van der Waals surface area contributed by atoms with Gasteiger partial charge in [0.05, 0.1) is 0 Å². The summed E-state index contributed by atoms with van der Waals surface area (Å²) in [4.78, 5) is 43.8. The molecular formula is C24H33N5O4. The molecular weight excluding hydrogens is 422 g/mol. The van der Waals surface area contributed by atoms with Crippen LogP contribution in [-0.2, 0) is 31.0 Å². The van der Waals surface area contributed by atoms with Crippen LogP contribution >= 0.6 is 0 Å². The van der Waals surface area contributed by atoms with Crippen LogP contribution in [0.4, 0.5) is 5.69 Å². The summed E-state index contributed by atoms with van der Waals surface area (Å²) in [5.74, 6) is 0.180. The number of carbonyl (C=O) groups excluding carboxylic acids is 1. The maximum atomic E-state index is 13.4. The van der Waals surface area contributed by atoms with E-state index in [0.717, 1.165) is 29.4 Å². The second-order valence-electron chi connectivity index (χ2n) is 8.52. The zero-order chi connectivity index (χ0) is 24.1. The van der Waals surface area contributed by atoms with E-state index in [4.69, 9.17) is 0 Å². The first-order valence-corrected chi connectivity index (χ1v) is 11.6. The van der Waals surface area contributed by atoms with Crippen molar-refractivity contribution in [2.75, 3.05) is 5.32 Å². The lowest BCUT2D eigenvalue weighted by Crippen LogP contribution is -2.43. The fourth-order valence-electron chi connectivity index (χ4n) is 3.90. The third-order valence-corrected chi connectivity index (χ3v) is 5.66. The number of anilines is 1. The normalized spacial score (nSPS) is 11.5. The number of nitrogens with zero attached hydrogens (tertiary/aromatic N) is 4. The highest BCUT2D eigenvalue weighted by Gasteiger charge is 2.22. The average molecular weight is 456 g/mol. The van der Waals surface area contributed by atoms with E-state index in [1.807, 2.05) is 32.0 Å². The van der Waals surface area contributed by atoms with Crippen molar-refractivity contribution >= 4 is 22.8 Å². The highest BCUT2D eigenvalue weighted by molar-refractivity contribution is 5.90. The monoisotopic (exact) mass is 455 g/mol. The largest absolute Gasteiger partial charge is 0.388 e. The fourth-order valence-corrected chi connectivity index (χ4v) is 3.90. The van der Waals surface area contributed by atoms with E-state index in [9.17, 15) is 19.5 Å². The molecule has 0 aliphatic carbocycles. The number of hydrogen-bond donors (Lipinski definition) is 2. The Kier molecular flexibility index (Phi) is 7.86. The number of nitrogens with one attached hydrogen (secondary N) is 1. The fraction of sp³-hybridized carbons (Fsp3) is 0.500. The molecule has 3 aromatic rings. The number of unbranched alkanes of at least 4 members (excludes halogenated alkanes) is 1. The molecule has 0 radical (unpaired) electrons. The number of aromatic nitrogens is 4. The topological polar surface area (TPSA) is 111 Å². The number of hydrogen-bond acceptors (Lipinski definition) is 5. The predicted octanol–water partition coefficient (Wildman–Crippen LogP) is 2.82. The molecule has 0 atom stereocenters. The van der Waals surface area contributed by atoms with Crippen molar-refractivity contribution in [3.8, 4) is 0 Å². The molecule has 0 bridgehead atoms. The van der Waals surface area contributed by atoms with Gasteiger partial charge in [-0.05, 0) is 36.5 Å². The Labute approximate surface area is 192 Å². The van der Waals surface area contributed by atoms with Crippen molar-refractivity contribution in [1.82, 2.24) is 18.7 Å². The predicted molar refractivity (Wildman–Crippen MR) is 129 cm³/mol. The number of rotatable bonds is 10. The van der Waals surface area contributed by atoms with E-state index in [-0.39, 0.29) is 17.8 Å². The van der Waals surface area contributed by atoms with Gasteiger partial charge in [0.2, 0.25) is 5.91 Å². The summed E-state index contributed by atoms with van der Waals surface area (Å²) in [7, 11) is 0. The van der Waals surface area contributed by atoms with Crippen molar-refractivity contribution in [3.63, 3.8) is 0 Å². The molecule has 1 aromatic carbocycles. The molecule has 2 N–H and O–H groups in total. The van der Waals surface area contributed by atoms with Gasteiger partial charge in [-0.1, -0.05) is 46.2 Å². The molecule has 0 aliphatic heterocycles. The van der Waals surface area contributed by atoms with Gasteiger partial charge in [0, 0.05) is 18.8 Å². The van der Waals surface area contributed by atoms with Gasteiger partial charge in [0.1, 0.15) is 19.0 Å². The van der Waals surface area contributed by atoms with E-state index in [1.54, 1.807) is 10.6 Å². The summed E-state index contributed by atoms with van der Waals surface area (Å²) in [5.41, 5.74) is 1.05. The van der Waals surface area contributed by atoms with Crippen LogP contribution in [0.1, 0.15) is 64.3 Å². The van der Waals surface area contributed by atoms with Crippen molar-refractivity contribution in [3.05, 3.63) is 56.5 Å². The summed E-state index contributed by atoms with van der Waals surface area (Å²) in [6.45, 7) is 8.19. The van der Waals surface area contributed by atoms with E-state index in [2.05, 4.69) is 24.1 Å². The second-order valence-corrected chi connectivity index (χ2v) is 8.52. The number of amides is 1. The third-order valence-electron chi connectivity index (χ3n) is 5.66. The molecule has 0 spiro atoms. The minimum atomic E-state index is -0.575. The smallest absolute Gasteiger partial charge is 0.333 e. The van der Waals surface area contributed by atoms with Crippen molar-refractivity contribution in [2.45, 2.75) is 79.1 Å². The summed E-state index contributed by atoms with van der Waals surface area (Å²) >= 11 is 0. The van der Waals surface area contributed by atoms with Gasteiger partial charge in [-0.25, -0.2) is 14.3 Å². The zero-order valence-electron chi connectivity index (χ0n) is 19.8. The lowest BCUT2D eigenvalue weighted by Gasteiger charge is -2.13. The lowest BCUT2D eigenvalue weighted by atomic mass is 10.0. The maximum absolute atomic E-state index is 13.4. The molecule has 9 nitrogen and oxygen atoms in total. The standard InChI is InChI=1S/C24H33N5O4/c1-5-7-12-28-22-21(27(11-6-2)19(15-30)26-22)23(32)29(24(28)33)14-20(31)25-18-10-8-9-17(13-18)16(3)4/h8-10,13,16,30H,5-7,11-12,14-15H2,1-4H3,(H,25,31). The van der Waals surface area contributed by atoms with Crippen LogP contribution in [0.15, 0.2) is 33.9 Å². The minimum Gasteiger partial charge on any atom is -0.388 e. The van der Waals surface area contributed by atoms with Crippen LogP contribution in [0.3, 0.4) is 0 Å². The van der Waals surface area contributed by atoms with Gasteiger partial charge in [-0.3, -0.25) is 14.2 Å². The minimum absolute atomic E-state index is 0.242. The Hall–Kier alpha value is -3.20. The van der Waals surface area contributed by atoms with Gasteiger partial charge in [-0.15, -0.1) is 0 Å². The number of aryl methyl sites for hydroxylation is 2. The van der Waals surface area contributed by atoms with E-state index in [0.29, 0.717) is 30.5 Å². The lowest BCUT2D eigenvalue weighted by molar-refractivity contribution is -0.116. The number of benzene rings is 1. The number of aliphatic hydroxyl groups is 1. The number of imidazole rings is 1. The molecule has 33 heavy (non-hydrogen) atoms. The second kappa shape index (κ2) is 10.6. The molecule has 0 saturated carbocycles. The van der Waals surface area contributed by atoms with E-state index < -0.39 is 23.7 Å². The van der Waals surface area contributed by atoms with Gasteiger partial charge < -0.3 is 15.0 Å². The molecule has 0 saturated heterocycles. The molecule has 0 fully saturated rings. The van der Waals surface area contributed by atoms with Crippen molar-refractivity contribution in [2.24, 2.45) is 0 Å². The molecule has 2 aromatic heterocycles. The summed E-state index contributed by atoms with van der Waals surface area (Å²) in [6, 6.07) is 7.51. The van der Waals surface area contributed by atoms with Crippen LogP contribution in [0.2, 0.25) is 0 Å². The van der Waals surface area contributed by atoms with Crippen LogP contribution in [0.5, 0.6) is 0 Å². The van der Waals surface area contributed by atoms with Gasteiger partial charge in [0.25, 0.3) is 5.56 Å². The van der Waals surface area contributed by atoms with Gasteiger partial charge in [-0.2, -0.15) is 0 Å². The molecule has 0 aliphatic rings. The van der Waals surface area contributed by atoms with Crippen molar-refractivity contribution in [1.29, 1.82) is 0 Å². The first-order chi connectivity index (χ1) is 15.8. The van der Waals surface area contributed by atoms with E-state index in [1.165, 1.54) is 4.57 Å². The quantitative estimate of drug-likeness (QED) is 0.488. The molecule has 3 rings (SSSR count). The van der Waals surface area contributed by atoms with Crippen LogP contribution in [-0.4, -0.2) is 29.7 Å². The highest BCUT2D eigenvalue weighted by Crippen LogP contribution is 2.18. The van der Waals surface area contributed by atoms with Crippen LogP contribution < -0.4 is 16.6 Å². The number of carbonyl (C=O) groups is 1. The molecule has 0 unspecified atom stereocenters. The number of aliphatic hydroxyl groups excluding tert-OH is 1. The average Bonchev–Trinajstić information content (AvgIpc) is 3.15. The Balaban J connectivity index is 2.07. The van der Waals surface area contributed by atoms with Crippen LogP contribution in [0, 0.1) is 0 Å². The molecule has 2 heterocycles. The Bertz CT molecular complexity index is 1250.